The Morgan fingerprint density at radius 2 is 2.20 bits per heavy atom. The summed E-state index contributed by atoms with van der Waals surface area (Å²) in [5, 5.41) is 12.0. The Kier molecular flexibility index (Phi) is 4.96. The smallest absolute Gasteiger partial charge is 0.282 e. The number of nitrogens with one attached hydrogen (secondary N) is 2. The molecule has 0 aromatic heterocycles. The number of hydrogen-bond acceptors (Lipinski definition) is 3. The molecule has 106 valence electrons. The van der Waals surface area contributed by atoms with Crippen LogP contribution in [0.2, 0.25) is 5.02 Å². The van der Waals surface area contributed by atoms with E-state index in [0.29, 0.717) is 29.5 Å². The number of amides is 1. The summed E-state index contributed by atoms with van der Waals surface area (Å²) in [6.45, 7) is 4.96. The number of nitrogens with zero attached hydrogens (tertiary/aromatic N) is 1. The Morgan fingerprint density at radius 1 is 1.50 bits per heavy atom. The lowest BCUT2D eigenvalue weighted by Gasteiger charge is -2.28. The summed E-state index contributed by atoms with van der Waals surface area (Å²) in [6.07, 6.45) is 0. The Balaban J connectivity index is 2.00. The van der Waals surface area contributed by atoms with Crippen LogP contribution in [0.25, 0.3) is 0 Å². The Morgan fingerprint density at radius 3 is 2.80 bits per heavy atom. The molecule has 5 nitrogen and oxygen atoms in total. The topological polar surface area (TPSA) is 66.6 Å². The Hall–Kier alpha value is -1.61. The van der Waals surface area contributed by atoms with Crippen LogP contribution < -0.4 is 10.2 Å². The maximum atomic E-state index is 12.2. The van der Waals surface area contributed by atoms with E-state index < -0.39 is 0 Å². The highest BCUT2D eigenvalue weighted by Crippen LogP contribution is 2.20. The van der Waals surface area contributed by atoms with Crippen LogP contribution in [-0.2, 0) is 9.53 Å². The van der Waals surface area contributed by atoms with E-state index in [9.17, 15) is 4.79 Å². The van der Waals surface area contributed by atoms with Crippen molar-refractivity contribution in [1.82, 2.24) is 0 Å². The summed E-state index contributed by atoms with van der Waals surface area (Å²) in [5.74, 6) is -0.0531. The average Bonchev–Trinajstić information content (AvgIpc) is 2.47. The van der Waals surface area contributed by atoms with E-state index in [1.807, 2.05) is 13.0 Å². The molecule has 1 saturated heterocycles. The van der Waals surface area contributed by atoms with Crippen LogP contribution in [0.1, 0.15) is 12.5 Å². The zero-order chi connectivity index (χ0) is 14.5. The van der Waals surface area contributed by atoms with Gasteiger partial charge in [-0.1, -0.05) is 11.6 Å². The molecule has 0 unspecified atom stereocenters. The first-order chi connectivity index (χ1) is 9.61. The number of hydrogen-bond donors (Lipinski definition) is 2. The quantitative estimate of drug-likeness (QED) is 0.851. The van der Waals surface area contributed by atoms with E-state index in [2.05, 4.69) is 5.32 Å². The van der Waals surface area contributed by atoms with Gasteiger partial charge in [0.1, 0.15) is 19.2 Å². The van der Waals surface area contributed by atoms with Crippen molar-refractivity contribution < 1.29 is 14.4 Å². The third kappa shape index (κ3) is 3.48. The van der Waals surface area contributed by atoms with Gasteiger partial charge in [0.15, 0.2) is 6.04 Å². The molecule has 20 heavy (non-hydrogen) atoms. The highest BCUT2D eigenvalue weighted by Gasteiger charge is 2.26. The number of benzene rings is 1. The third-order valence-electron chi connectivity index (χ3n) is 3.50. The fraction of sp³-hybridized carbons (Fsp3) is 0.429. The zero-order valence-electron chi connectivity index (χ0n) is 11.3. The van der Waals surface area contributed by atoms with E-state index in [1.165, 1.54) is 4.90 Å². The van der Waals surface area contributed by atoms with Gasteiger partial charge in [-0.15, -0.1) is 0 Å². The number of ether oxygens (including phenoxy) is 1. The predicted octanol–water partition coefficient (Wildman–Crippen LogP) is 0.454. The molecule has 0 bridgehead atoms. The van der Waals surface area contributed by atoms with Crippen LogP contribution >= 0.6 is 11.6 Å². The van der Waals surface area contributed by atoms with Crippen molar-refractivity contribution in [3.63, 3.8) is 0 Å². The molecule has 6 heteroatoms. The number of rotatable bonds is 3. The first-order valence-corrected chi connectivity index (χ1v) is 6.92. The molecule has 2 rings (SSSR count). The van der Waals surface area contributed by atoms with Crippen molar-refractivity contribution in [1.29, 1.82) is 5.26 Å². The predicted molar refractivity (Wildman–Crippen MR) is 75.8 cm³/mol. The minimum atomic E-state index is -0.145. The molecular weight excluding hydrogens is 278 g/mol. The molecule has 1 aliphatic heterocycles. The van der Waals surface area contributed by atoms with Gasteiger partial charge in [-0.05, 0) is 25.1 Å². The van der Waals surface area contributed by atoms with Crippen molar-refractivity contribution in [2.75, 3.05) is 31.6 Å². The number of carbonyl (C=O) groups is 1. The second-order valence-corrected chi connectivity index (χ2v) is 5.20. The number of halogens is 1. The van der Waals surface area contributed by atoms with Crippen molar-refractivity contribution >= 4 is 23.2 Å². The summed E-state index contributed by atoms with van der Waals surface area (Å²) in [5.41, 5.74) is 1.01. The normalized spacial score (nSPS) is 17.2. The molecule has 1 aliphatic rings. The van der Waals surface area contributed by atoms with Gasteiger partial charge in [0.2, 0.25) is 0 Å². The first-order valence-electron chi connectivity index (χ1n) is 6.54. The summed E-state index contributed by atoms with van der Waals surface area (Å²) in [7, 11) is 0. The van der Waals surface area contributed by atoms with E-state index in [-0.39, 0.29) is 11.9 Å². The summed E-state index contributed by atoms with van der Waals surface area (Å²) < 4.78 is 5.29. The Labute approximate surface area is 123 Å². The monoisotopic (exact) mass is 294 g/mol. The van der Waals surface area contributed by atoms with Crippen LogP contribution in [0.5, 0.6) is 0 Å². The molecule has 1 amide bonds. The first kappa shape index (κ1) is 14.8. The lowest BCUT2D eigenvalue weighted by atomic mass is 10.2. The summed E-state index contributed by atoms with van der Waals surface area (Å²) >= 11 is 5.95. The molecule has 0 saturated carbocycles. The number of morpholine rings is 1. The van der Waals surface area contributed by atoms with Crippen molar-refractivity contribution in [3.8, 4) is 6.07 Å². The fourth-order valence-corrected chi connectivity index (χ4v) is 2.41. The highest BCUT2D eigenvalue weighted by molar-refractivity contribution is 6.32. The number of nitriles is 1. The molecule has 2 N–H and O–H groups in total. The van der Waals surface area contributed by atoms with Crippen molar-refractivity contribution in [2.24, 2.45) is 0 Å². The van der Waals surface area contributed by atoms with Gasteiger partial charge in [-0.2, -0.15) is 5.26 Å². The van der Waals surface area contributed by atoms with Crippen LogP contribution in [0, 0.1) is 11.3 Å². The van der Waals surface area contributed by atoms with Gasteiger partial charge in [0.05, 0.1) is 23.8 Å². The van der Waals surface area contributed by atoms with Crippen LogP contribution in [0.3, 0.4) is 0 Å². The minimum Gasteiger partial charge on any atom is -0.370 e. The lowest BCUT2D eigenvalue weighted by molar-refractivity contribution is -0.921. The van der Waals surface area contributed by atoms with Gasteiger partial charge in [0, 0.05) is 5.69 Å². The molecule has 0 aliphatic carbocycles. The van der Waals surface area contributed by atoms with E-state index in [1.54, 1.807) is 18.2 Å². The van der Waals surface area contributed by atoms with Crippen LogP contribution in [0.15, 0.2) is 18.2 Å². The van der Waals surface area contributed by atoms with E-state index >= 15 is 0 Å². The lowest BCUT2D eigenvalue weighted by Crippen LogP contribution is -3.18. The van der Waals surface area contributed by atoms with Gasteiger partial charge in [-0.25, -0.2) is 0 Å². The Bertz CT molecular complexity index is 536. The molecule has 0 spiro atoms. The number of anilines is 1. The van der Waals surface area contributed by atoms with Crippen LogP contribution in [-0.4, -0.2) is 38.3 Å². The van der Waals surface area contributed by atoms with Crippen molar-refractivity contribution in [2.45, 2.75) is 13.0 Å². The standard InChI is InChI=1S/C14H16ClN3O2/c1-10(18-4-6-20-7-5-18)14(19)17-12-3-2-11(9-16)13(15)8-12/h2-3,8,10H,4-7H2,1H3,(H,17,19)/p+1/t10-/m1/s1. The minimum absolute atomic E-state index is 0.0531. The second kappa shape index (κ2) is 6.71. The zero-order valence-corrected chi connectivity index (χ0v) is 12.0. The van der Waals surface area contributed by atoms with Crippen molar-refractivity contribution in [3.05, 3.63) is 28.8 Å². The number of carbonyl (C=O) groups excluding carboxylic acids is 1. The molecule has 1 heterocycles. The molecular formula is C14H17ClN3O2+. The molecule has 0 radical (unpaired) electrons. The third-order valence-corrected chi connectivity index (χ3v) is 3.81. The van der Waals surface area contributed by atoms with Gasteiger partial charge >= 0.3 is 0 Å². The highest BCUT2D eigenvalue weighted by atomic mass is 35.5. The second-order valence-electron chi connectivity index (χ2n) is 4.79. The summed E-state index contributed by atoms with van der Waals surface area (Å²) in [4.78, 5) is 13.4. The molecule has 1 fully saturated rings. The summed E-state index contributed by atoms with van der Waals surface area (Å²) in [6, 6.07) is 6.72. The van der Waals surface area contributed by atoms with Gasteiger partial charge in [-0.3, -0.25) is 4.79 Å². The largest absolute Gasteiger partial charge is 0.370 e. The van der Waals surface area contributed by atoms with E-state index in [0.717, 1.165) is 13.1 Å². The SMILES string of the molecule is C[C@H](C(=O)Nc1ccc(C#N)c(Cl)c1)[NH+]1CCOCC1. The number of quaternary nitrogens is 1. The fourth-order valence-electron chi connectivity index (χ4n) is 2.19. The van der Waals surface area contributed by atoms with E-state index in [4.69, 9.17) is 21.6 Å². The maximum absolute atomic E-state index is 12.2. The molecule has 1 atom stereocenters. The van der Waals surface area contributed by atoms with Gasteiger partial charge in [0.25, 0.3) is 5.91 Å². The average molecular weight is 295 g/mol. The van der Waals surface area contributed by atoms with Gasteiger partial charge < -0.3 is 15.0 Å². The molecule has 1 aromatic carbocycles. The maximum Gasteiger partial charge on any atom is 0.282 e. The molecule has 1 aromatic rings. The van der Waals surface area contributed by atoms with Crippen LogP contribution in [0.4, 0.5) is 5.69 Å².